The SMILES string of the molecule is O=C(/C=C/c1cccc(-n2cnnn2)c1)NCCc1ccccc1. The Morgan fingerprint density at radius 1 is 1.12 bits per heavy atom. The van der Waals surface area contributed by atoms with Crippen LogP contribution in [0.2, 0.25) is 0 Å². The van der Waals surface area contributed by atoms with E-state index in [0.29, 0.717) is 6.54 Å². The van der Waals surface area contributed by atoms with Crippen molar-refractivity contribution in [2.45, 2.75) is 6.42 Å². The maximum absolute atomic E-state index is 11.9. The first-order valence-electron chi connectivity index (χ1n) is 7.64. The maximum atomic E-state index is 11.9. The minimum absolute atomic E-state index is 0.112. The van der Waals surface area contributed by atoms with Crippen LogP contribution in [0.4, 0.5) is 0 Å². The molecular weight excluding hydrogens is 302 g/mol. The van der Waals surface area contributed by atoms with Gasteiger partial charge in [0, 0.05) is 12.6 Å². The fourth-order valence-corrected chi connectivity index (χ4v) is 2.26. The van der Waals surface area contributed by atoms with E-state index in [1.807, 2.05) is 54.6 Å². The molecule has 0 aliphatic heterocycles. The second-order valence-electron chi connectivity index (χ2n) is 5.21. The zero-order chi connectivity index (χ0) is 16.6. The number of nitrogens with one attached hydrogen (secondary N) is 1. The van der Waals surface area contributed by atoms with E-state index >= 15 is 0 Å². The van der Waals surface area contributed by atoms with Gasteiger partial charge in [-0.1, -0.05) is 42.5 Å². The van der Waals surface area contributed by atoms with Gasteiger partial charge >= 0.3 is 0 Å². The Morgan fingerprint density at radius 2 is 2.00 bits per heavy atom. The van der Waals surface area contributed by atoms with Crippen molar-refractivity contribution in [3.63, 3.8) is 0 Å². The molecule has 3 aromatic rings. The van der Waals surface area contributed by atoms with Crippen LogP contribution >= 0.6 is 0 Å². The van der Waals surface area contributed by atoms with Crippen LogP contribution < -0.4 is 5.32 Å². The van der Waals surface area contributed by atoms with Gasteiger partial charge in [-0.3, -0.25) is 4.79 Å². The number of amides is 1. The highest BCUT2D eigenvalue weighted by Crippen LogP contribution is 2.10. The molecule has 1 aromatic heterocycles. The average Bonchev–Trinajstić information content (AvgIpc) is 3.16. The lowest BCUT2D eigenvalue weighted by atomic mass is 10.1. The summed E-state index contributed by atoms with van der Waals surface area (Å²) < 4.78 is 1.57. The number of hydrogen-bond acceptors (Lipinski definition) is 4. The summed E-state index contributed by atoms with van der Waals surface area (Å²) in [6, 6.07) is 17.7. The van der Waals surface area contributed by atoms with Gasteiger partial charge in [-0.25, -0.2) is 4.68 Å². The standard InChI is InChI=1S/C18H17N5O/c24-18(19-12-11-15-5-2-1-3-6-15)10-9-16-7-4-8-17(13-16)23-14-20-21-22-23/h1-10,13-14H,11-12H2,(H,19,24)/b10-9+. The molecular formula is C18H17N5O. The van der Waals surface area contributed by atoms with Crippen molar-refractivity contribution in [3.8, 4) is 5.69 Å². The summed E-state index contributed by atoms with van der Waals surface area (Å²) in [5.74, 6) is -0.112. The monoisotopic (exact) mass is 319 g/mol. The quantitative estimate of drug-likeness (QED) is 0.706. The zero-order valence-electron chi connectivity index (χ0n) is 13.0. The predicted molar refractivity (Wildman–Crippen MR) is 91.3 cm³/mol. The van der Waals surface area contributed by atoms with E-state index in [9.17, 15) is 4.79 Å². The molecule has 0 aliphatic carbocycles. The summed E-state index contributed by atoms with van der Waals surface area (Å²) in [7, 11) is 0. The summed E-state index contributed by atoms with van der Waals surface area (Å²) in [4.78, 5) is 11.9. The van der Waals surface area contributed by atoms with Crippen LogP contribution in [0.5, 0.6) is 0 Å². The Balaban J connectivity index is 1.53. The van der Waals surface area contributed by atoms with Gasteiger partial charge in [0.05, 0.1) is 5.69 Å². The molecule has 2 aromatic carbocycles. The lowest BCUT2D eigenvalue weighted by Gasteiger charge is -2.03. The van der Waals surface area contributed by atoms with Crippen LogP contribution in [-0.2, 0) is 11.2 Å². The van der Waals surface area contributed by atoms with Crippen LogP contribution in [0.1, 0.15) is 11.1 Å². The van der Waals surface area contributed by atoms with Crippen molar-refractivity contribution in [1.82, 2.24) is 25.5 Å². The van der Waals surface area contributed by atoms with Crippen molar-refractivity contribution in [2.24, 2.45) is 0 Å². The van der Waals surface area contributed by atoms with E-state index in [2.05, 4.69) is 20.8 Å². The molecule has 1 amide bonds. The van der Waals surface area contributed by atoms with Gasteiger partial charge in [0.1, 0.15) is 6.33 Å². The minimum atomic E-state index is -0.112. The molecule has 0 atom stereocenters. The Labute approximate surface area is 139 Å². The fraction of sp³-hybridized carbons (Fsp3) is 0.111. The fourth-order valence-electron chi connectivity index (χ4n) is 2.26. The van der Waals surface area contributed by atoms with E-state index in [1.54, 1.807) is 10.8 Å². The summed E-state index contributed by atoms with van der Waals surface area (Å²) >= 11 is 0. The van der Waals surface area contributed by atoms with Crippen LogP contribution in [0.15, 0.2) is 67.0 Å². The van der Waals surface area contributed by atoms with Gasteiger partial charge in [0.2, 0.25) is 5.91 Å². The molecule has 3 rings (SSSR count). The molecule has 0 aliphatic rings. The maximum Gasteiger partial charge on any atom is 0.244 e. The third-order valence-corrected chi connectivity index (χ3v) is 3.47. The first kappa shape index (κ1) is 15.6. The molecule has 0 saturated heterocycles. The Hall–Kier alpha value is -3.28. The van der Waals surface area contributed by atoms with Crippen molar-refractivity contribution >= 4 is 12.0 Å². The molecule has 120 valence electrons. The van der Waals surface area contributed by atoms with Gasteiger partial charge < -0.3 is 5.32 Å². The van der Waals surface area contributed by atoms with E-state index < -0.39 is 0 Å². The molecule has 0 fully saturated rings. The van der Waals surface area contributed by atoms with Crippen molar-refractivity contribution < 1.29 is 4.79 Å². The summed E-state index contributed by atoms with van der Waals surface area (Å²) in [5.41, 5.74) is 2.95. The molecule has 0 bridgehead atoms. The molecule has 0 radical (unpaired) electrons. The number of carbonyl (C=O) groups excluding carboxylic acids is 1. The smallest absolute Gasteiger partial charge is 0.244 e. The van der Waals surface area contributed by atoms with Gasteiger partial charge in [-0.05, 0) is 46.2 Å². The summed E-state index contributed by atoms with van der Waals surface area (Å²) in [6.45, 7) is 0.609. The van der Waals surface area contributed by atoms with Gasteiger partial charge in [-0.2, -0.15) is 0 Å². The third kappa shape index (κ3) is 4.36. The van der Waals surface area contributed by atoms with E-state index in [1.165, 1.54) is 18.0 Å². The van der Waals surface area contributed by atoms with Gasteiger partial charge in [0.25, 0.3) is 0 Å². The lowest BCUT2D eigenvalue weighted by Crippen LogP contribution is -2.23. The summed E-state index contributed by atoms with van der Waals surface area (Å²) in [6.07, 6.45) is 5.64. The van der Waals surface area contributed by atoms with Crippen molar-refractivity contribution in [3.05, 3.63) is 78.1 Å². The molecule has 6 nitrogen and oxygen atoms in total. The van der Waals surface area contributed by atoms with E-state index in [0.717, 1.165) is 17.7 Å². The number of rotatable bonds is 6. The van der Waals surface area contributed by atoms with Crippen LogP contribution in [0, 0.1) is 0 Å². The normalized spacial score (nSPS) is 10.8. The molecule has 24 heavy (non-hydrogen) atoms. The molecule has 0 spiro atoms. The molecule has 1 heterocycles. The van der Waals surface area contributed by atoms with Gasteiger partial charge in [0.15, 0.2) is 0 Å². The second-order valence-corrected chi connectivity index (χ2v) is 5.21. The summed E-state index contributed by atoms with van der Waals surface area (Å²) in [5, 5.41) is 13.9. The number of benzene rings is 2. The van der Waals surface area contributed by atoms with Crippen molar-refractivity contribution in [2.75, 3.05) is 6.54 Å². The average molecular weight is 319 g/mol. The largest absolute Gasteiger partial charge is 0.352 e. The van der Waals surface area contributed by atoms with Crippen LogP contribution in [0.3, 0.4) is 0 Å². The molecule has 0 saturated carbocycles. The van der Waals surface area contributed by atoms with Crippen LogP contribution in [-0.4, -0.2) is 32.7 Å². The second kappa shape index (κ2) is 7.82. The Morgan fingerprint density at radius 3 is 2.79 bits per heavy atom. The number of nitrogens with zero attached hydrogens (tertiary/aromatic N) is 4. The number of carbonyl (C=O) groups is 1. The number of tetrazole rings is 1. The predicted octanol–water partition coefficient (Wildman–Crippen LogP) is 2.03. The molecule has 1 N–H and O–H groups in total. The van der Waals surface area contributed by atoms with Crippen LogP contribution in [0.25, 0.3) is 11.8 Å². The van der Waals surface area contributed by atoms with E-state index in [-0.39, 0.29) is 5.91 Å². The van der Waals surface area contributed by atoms with Gasteiger partial charge in [-0.15, -0.1) is 5.10 Å². The molecule has 0 unspecified atom stereocenters. The zero-order valence-corrected chi connectivity index (χ0v) is 13.0. The highest BCUT2D eigenvalue weighted by atomic mass is 16.1. The Kier molecular flexibility index (Phi) is 5.09. The third-order valence-electron chi connectivity index (χ3n) is 3.47. The van der Waals surface area contributed by atoms with Crippen molar-refractivity contribution in [1.29, 1.82) is 0 Å². The highest BCUT2D eigenvalue weighted by molar-refractivity contribution is 5.91. The first-order chi connectivity index (χ1) is 11.8. The molecule has 6 heteroatoms. The van der Waals surface area contributed by atoms with E-state index in [4.69, 9.17) is 0 Å². The minimum Gasteiger partial charge on any atom is -0.352 e. The number of hydrogen-bond donors (Lipinski definition) is 1. The number of aromatic nitrogens is 4. The first-order valence-corrected chi connectivity index (χ1v) is 7.64. The Bertz CT molecular complexity index is 812. The topological polar surface area (TPSA) is 72.7 Å². The highest BCUT2D eigenvalue weighted by Gasteiger charge is 1.99. The lowest BCUT2D eigenvalue weighted by molar-refractivity contribution is -0.116.